The van der Waals surface area contributed by atoms with Gasteiger partial charge in [-0.2, -0.15) is 0 Å². The van der Waals surface area contributed by atoms with Crippen molar-refractivity contribution in [2.24, 2.45) is 0 Å². The highest BCUT2D eigenvalue weighted by Gasteiger charge is 2.26. The van der Waals surface area contributed by atoms with Crippen LogP contribution in [0.3, 0.4) is 0 Å². The zero-order valence-corrected chi connectivity index (χ0v) is 27.7. The van der Waals surface area contributed by atoms with Crippen LogP contribution in [0.15, 0.2) is 85.2 Å². The van der Waals surface area contributed by atoms with Crippen molar-refractivity contribution in [2.75, 3.05) is 54.7 Å². The molecule has 2 aromatic heterocycles. The lowest BCUT2D eigenvalue weighted by atomic mass is 10.2. The standard InChI is InChI=1S/C36H35N5O7/c1-42-26-13-9-23(10-14-26)41-34(22-8-15-27(43-2)30(18-22)46-5)39-33-35(37-21-38-36(33)41)40(24-11-16-28(44-3)31(19-24)47-6)25-12-17-29(45-4)32(20-25)48-7/h8-21H,1-7H3. The molecule has 12 heteroatoms. The molecule has 4 aromatic carbocycles. The van der Waals surface area contributed by atoms with Crippen molar-refractivity contribution in [1.29, 1.82) is 0 Å². The Kier molecular flexibility index (Phi) is 9.06. The molecule has 0 radical (unpaired) electrons. The lowest BCUT2D eigenvalue weighted by molar-refractivity contribution is 0.355. The fourth-order valence-corrected chi connectivity index (χ4v) is 5.51. The molecule has 6 aromatic rings. The summed E-state index contributed by atoms with van der Waals surface area (Å²) in [6, 6.07) is 24.6. The minimum Gasteiger partial charge on any atom is -0.497 e. The van der Waals surface area contributed by atoms with Gasteiger partial charge in [-0.3, -0.25) is 9.47 Å². The molecule has 0 bridgehead atoms. The van der Waals surface area contributed by atoms with Crippen LogP contribution in [-0.2, 0) is 0 Å². The molecular weight excluding hydrogens is 614 g/mol. The highest BCUT2D eigenvalue weighted by atomic mass is 16.5. The zero-order chi connectivity index (χ0) is 33.8. The summed E-state index contributed by atoms with van der Waals surface area (Å²) in [7, 11) is 11.2. The van der Waals surface area contributed by atoms with Gasteiger partial charge in [0.25, 0.3) is 0 Å². The highest BCUT2D eigenvalue weighted by Crippen LogP contribution is 2.44. The summed E-state index contributed by atoms with van der Waals surface area (Å²) >= 11 is 0. The number of benzene rings is 4. The molecule has 2 heterocycles. The minimum absolute atomic E-state index is 0.508. The van der Waals surface area contributed by atoms with Crippen LogP contribution in [0.2, 0.25) is 0 Å². The molecule has 6 rings (SSSR count). The van der Waals surface area contributed by atoms with E-state index in [4.69, 9.17) is 48.1 Å². The van der Waals surface area contributed by atoms with Gasteiger partial charge in [0, 0.05) is 23.4 Å². The van der Waals surface area contributed by atoms with E-state index >= 15 is 0 Å². The van der Waals surface area contributed by atoms with E-state index < -0.39 is 0 Å². The molecule has 0 N–H and O–H groups in total. The number of methoxy groups -OCH3 is 7. The van der Waals surface area contributed by atoms with Gasteiger partial charge in [-0.1, -0.05) is 0 Å². The van der Waals surface area contributed by atoms with Gasteiger partial charge in [-0.15, -0.1) is 0 Å². The zero-order valence-electron chi connectivity index (χ0n) is 27.7. The van der Waals surface area contributed by atoms with Crippen molar-refractivity contribution in [3.05, 3.63) is 85.2 Å². The number of imidazole rings is 1. The predicted octanol–water partition coefficient (Wildman–Crippen LogP) is 7.01. The van der Waals surface area contributed by atoms with Gasteiger partial charge in [0.15, 0.2) is 51.5 Å². The van der Waals surface area contributed by atoms with Crippen molar-refractivity contribution >= 4 is 28.4 Å². The number of anilines is 3. The van der Waals surface area contributed by atoms with Crippen LogP contribution in [0, 0.1) is 0 Å². The number of hydrogen-bond acceptors (Lipinski definition) is 11. The Balaban J connectivity index is 1.66. The first kappa shape index (κ1) is 31.8. The molecule has 48 heavy (non-hydrogen) atoms. The summed E-state index contributed by atoms with van der Waals surface area (Å²) in [5.41, 5.74) is 4.15. The van der Waals surface area contributed by atoms with E-state index in [1.165, 1.54) is 6.33 Å². The second-order valence-corrected chi connectivity index (χ2v) is 10.3. The number of ether oxygens (including phenoxy) is 7. The van der Waals surface area contributed by atoms with Crippen molar-refractivity contribution in [3.63, 3.8) is 0 Å². The Morgan fingerprint density at radius 2 is 1.04 bits per heavy atom. The van der Waals surface area contributed by atoms with Crippen molar-refractivity contribution in [1.82, 2.24) is 19.5 Å². The Hall–Kier alpha value is -6.17. The van der Waals surface area contributed by atoms with Crippen LogP contribution < -0.4 is 38.1 Å². The van der Waals surface area contributed by atoms with E-state index in [-0.39, 0.29) is 0 Å². The van der Waals surface area contributed by atoms with Crippen molar-refractivity contribution in [3.8, 4) is 57.3 Å². The van der Waals surface area contributed by atoms with Crippen molar-refractivity contribution in [2.45, 2.75) is 0 Å². The number of rotatable bonds is 12. The van der Waals surface area contributed by atoms with Gasteiger partial charge in [-0.05, 0) is 66.7 Å². The largest absolute Gasteiger partial charge is 0.497 e. The topological polar surface area (TPSA) is 111 Å². The van der Waals surface area contributed by atoms with E-state index in [1.54, 1.807) is 49.8 Å². The first-order valence-corrected chi connectivity index (χ1v) is 14.8. The minimum atomic E-state index is 0.508. The van der Waals surface area contributed by atoms with E-state index in [0.29, 0.717) is 57.3 Å². The third-order valence-corrected chi connectivity index (χ3v) is 7.86. The van der Waals surface area contributed by atoms with Crippen LogP contribution in [-0.4, -0.2) is 69.3 Å². The Bertz CT molecular complexity index is 2010. The van der Waals surface area contributed by atoms with Gasteiger partial charge < -0.3 is 33.2 Å². The average Bonchev–Trinajstić information content (AvgIpc) is 3.54. The Morgan fingerprint density at radius 3 is 1.56 bits per heavy atom. The molecule has 246 valence electrons. The molecule has 0 aliphatic carbocycles. The van der Waals surface area contributed by atoms with Gasteiger partial charge in [-0.25, -0.2) is 15.0 Å². The number of hydrogen-bond donors (Lipinski definition) is 0. The maximum Gasteiger partial charge on any atom is 0.170 e. The lowest BCUT2D eigenvalue weighted by Gasteiger charge is -2.25. The number of fused-ring (bicyclic) bond motifs is 1. The third kappa shape index (κ3) is 5.68. The molecule has 0 fully saturated rings. The van der Waals surface area contributed by atoms with Gasteiger partial charge >= 0.3 is 0 Å². The Morgan fingerprint density at radius 1 is 0.521 bits per heavy atom. The summed E-state index contributed by atoms with van der Waals surface area (Å²) in [6.07, 6.45) is 1.52. The molecule has 0 saturated carbocycles. The first-order valence-electron chi connectivity index (χ1n) is 14.8. The molecule has 0 aliphatic rings. The molecule has 0 spiro atoms. The van der Waals surface area contributed by atoms with Gasteiger partial charge in [0.05, 0.1) is 61.1 Å². The van der Waals surface area contributed by atoms with E-state index in [9.17, 15) is 0 Å². The monoisotopic (exact) mass is 649 g/mol. The van der Waals surface area contributed by atoms with Crippen LogP contribution in [0.5, 0.6) is 40.2 Å². The third-order valence-electron chi connectivity index (χ3n) is 7.86. The van der Waals surface area contributed by atoms with E-state index in [0.717, 1.165) is 28.4 Å². The quantitative estimate of drug-likeness (QED) is 0.136. The predicted molar refractivity (Wildman–Crippen MR) is 183 cm³/mol. The van der Waals surface area contributed by atoms with Gasteiger partial charge in [0.1, 0.15) is 17.9 Å². The molecule has 0 saturated heterocycles. The molecule has 0 atom stereocenters. The van der Waals surface area contributed by atoms with Crippen molar-refractivity contribution < 1.29 is 33.2 Å². The summed E-state index contributed by atoms with van der Waals surface area (Å²) in [5.74, 6) is 5.25. The maximum absolute atomic E-state index is 5.68. The molecule has 0 amide bonds. The second-order valence-electron chi connectivity index (χ2n) is 10.3. The summed E-state index contributed by atoms with van der Waals surface area (Å²) in [6.45, 7) is 0. The smallest absolute Gasteiger partial charge is 0.170 e. The molecule has 0 unspecified atom stereocenters. The number of aromatic nitrogens is 4. The SMILES string of the molecule is COc1ccc(-n2c(-c3ccc(OC)c(OC)c3)nc3c(N(c4ccc(OC)c(OC)c4)c4ccc(OC)c(OC)c4)ncnc32)cc1. The summed E-state index contributed by atoms with van der Waals surface area (Å²) < 4.78 is 41.0. The molecular formula is C36H35N5O7. The first-order chi connectivity index (χ1) is 23.5. The van der Waals surface area contributed by atoms with E-state index in [1.807, 2.05) is 88.3 Å². The van der Waals surface area contributed by atoms with Crippen LogP contribution in [0.4, 0.5) is 17.2 Å². The van der Waals surface area contributed by atoms with E-state index in [2.05, 4.69) is 0 Å². The normalized spacial score (nSPS) is 10.8. The van der Waals surface area contributed by atoms with Crippen LogP contribution in [0.1, 0.15) is 0 Å². The summed E-state index contributed by atoms with van der Waals surface area (Å²) in [4.78, 5) is 16.7. The van der Waals surface area contributed by atoms with Crippen LogP contribution in [0.25, 0.3) is 28.2 Å². The van der Waals surface area contributed by atoms with Gasteiger partial charge in [0.2, 0.25) is 0 Å². The highest BCUT2D eigenvalue weighted by molar-refractivity contribution is 5.94. The molecule has 12 nitrogen and oxygen atoms in total. The summed E-state index contributed by atoms with van der Waals surface area (Å²) in [5, 5.41) is 0. The fraction of sp³-hybridized carbons (Fsp3) is 0.194. The fourth-order valence-electron chi connectivity index (χ4n) is 5.51. The Labute approximate surface area is 278 Å². The number of nitrogens with zero attached hydrogens (tertiary/aromatic N) is 5. The molecule has 0 aliphatic heterocycles. The second kappa shape index (κ2) is 13.7. The lowest BCUT2D eigenvalue weighted by Crippen LogP contribution is -2.13. The maximum atomic E-state index is 5.68. The average molecular weight is 650 g/mol. The van der Waals surface area contributed by atoms with Crippen LogP contribution >= 0.6 is 0 Å².